The summed E-state index contributed by atoms with van der Waals surface area (Å²) in [6, 6.07) is 0. The van der Waals surface area contributed by atoms with Gasteiger partial charge in [0.15, 0.2) is 0 Å². The lowest BCUT2D eigenvalue weighted by Crippen LogP contribution is -2.04. The Balaban J connectivity index is 3.97. The van der Waals surface area contributed by atoms with Gasteiger partial charge in [0.2, 0.25) is 0 Å². The third-order valence-corrected chi connectivity index (χ3v) is 4.32. The first kappa shape index (κ1) is 12.0. The van der Waals surface area contributed by atoms with Gasteiger partial charge in [-0.15, -0.1) is 11.6 Å². The van der Waals surface area contributed by atoms with E-state index in [1.807, 2.05) is 6.92 Å². The molecule has 0 saturated heterocycles. The van der Waals surface area contributed by atoms with Gasteiger partial charge in [-0.1, -0.05) is 6.92 Å². The van der Waals surface area contributed by atoms with Crippen molar-refractivity contribution in [2.45, 2.75) is 18.7 Å². The quantitative estimate of drug-likeness (QED) is 0.545. The Morgan fingerprint density at radius 2 is 1.91 bits per heavy atom. The highest BCUT2D eigenvalue weighted by molar-refractivity contribution is 7.55. The zero-order valence-corrected chi connectivity index (χ0v) is 8.96. The van der Waals surface area contributed by atoms with Crippen molar-refractivity contribution < 1.29 is 12.7 Å². The van der Waals surface area contributed by atoms with Crippen LogP contribution in [0.15, 0.2) is 0 Å². The van der Waals surface area contributed by atoms with E-state index in [2.05, 4.69) is 8.15 Å². The molecule has 0 fully saturated rings. The van der Waals surface area contributed by atoms with Crippen LogP contribution in [0.5, 0.6) is 0 Å². The first-order chi connectivity index (χ1) is 5.08. The maximum atomic E-state index is 11.1. The summed E-state index contributed by atoms with van der Waals surface area (Å²) in [6.45, 7) is 1.84. The van der Waals surface area contributed by atoms with Crippen molar-refractivity contribution in [1.82, 2.24) is 0 Å². The molecule has 0 aromatic heterocycles. The van der Waals surface area contributed by atoms with Crippen LogP contribution in [0.25, 0.3) is 0 Å². The second kappa shape index (κ2) is 5.63. The number of rotatable bonds is 5. The highest BCUT2D eigenvalue weighted by Crippen LogP contribution is 2.52. The topological polar surface area (TPSA) is 35.5 Å². The largest absolute Gasteiger partial charge is 0.364 e. The molecule has 0 rings (SSSR count). The van der Waals surface area contributed by atoms with Crippen LogP contribution in [0.4, 0.5) is 0 Å². The Hall–Kier alpha value is 1.02. The molecule has 0 saturated carbocycles. The van der Waals surface area contributed by atoms with Crippen molar-refractivity contribution in [2.24, 2.45) is 0 Å². The predicted octanol–water partition coefficient (Wildman–Crippen LogP) is 3.54. The summed E-state index contributed by atoms with van der Waals surface area (Å²) in [5, 5.41) is -0.307. The Bertz CT molecular complexity index is 146. The number of alkyl halides is 1. The van der Waals surface area contributed by atoms with Crippen molar-refractivity contribution in [1.29, 1.82) is 0 Å². The minimum Gasteiger partial charge on any atom is -0.257 e. The second-order valence-corrected chi connectivity index (χ2v) is 5.25. The second-order valence-electron chi connectivity index (χ2n) is 1.94. The standard InChI is InChI=1S/C4H8Cl3O3P/c1-2-4(5)3-11(8,9-6)10-7/h4H,2-3H2,1H3. The molecule has 0 aromatic rings. The SMILES string of the molecule is CCC(Cl)CP(=O)(OCl)OCl. The van der Waals surface area contributed by atoms with Gasteiger partial charge >= 0.3 is 7.60 Å². The summed E-state index contributed by atoms with van der Waals surface area (Å²) in [6.07, 6.45) is 0.657. The molecule has 1 unspecified atom stereocenters. The lowest BCUT2D eigenvalue weighted by Gasteiger charge is -2.11. The fraction of sp³-hybridized carbons (Fsp3) is 1.00. The third-order valence-electron chi connectivity index (χ3n) is 1.07. The van der Waals surface area contributed by atoms with Gasteiger partial charge in [-0.3, -0.25) is 4.57 Å². The Morgan fingerprint density at radius 3 is 2.18 bits per heavy atom. The molecule has 0 aromatic carbocycles. The number of halogens is 3. The zero-order valence-electron chi connectivity index (χ0n) is 5.80. The van der Waals surface area contributed by atoms with E-state index in [0.717, 1.165) is 0 Å². The summed E-state index contributed by atoms with van der Waals surface area (Å²) in [5.41, 5.74) is 0. The van der Waals surface area contributed by atoms with Crippen molar-refractivity contribution in [2.75, 3.05) is 6.16 Å². The molecule has 0 heterocycles. The smallest absolute Gasteiger partial charge is 0.257 e. The summed E-state index contributed by atoms with van der Waals surface area (Å²) in [7, 11) is -3.35. The third kappa shape index (κ3) is 4.56. The first-order valence-electron chi connectivity index (χ1n) is 2.91. The van der Waals surface area contributed by atoms with Crippen molar-refractivity contribution in [3.63, 3.8) is 0 Å². The first-order valence-corrected chi connectivity index (χ1v) is 5.70. The van der Waals surface area contributed by atoms with Gasteiger partial charge in [0.05, 0.1) is 29.9 Å². The molecule has 68 valence electrons. The summed E-state index contributed by atoms with van der Waals surface area (Å²) < 4.78 is 19.2. The monoisotopic (exact) mass is 240 g/mol. The van der Waals surface area contributed by atoms with Crippen molar-refractivity contribution >= 4 is 42.9 Å². The molecule has 0 spiro atoms. The fourth-order valence-electron chi connectivity index (χ4n) is 0.439. The molecule has 11 heavy (non-hydrogen) atoms. The molecule has 7 heteroatoms. The Morgan fingerprint density at radius 1 is 1.45 bits per heavy atom. The minimum absolute atomic E-state index is 0.0120. The molecule has 1 atom stereocenters. The van der Waals surface area contributed by atoms with E-state index < -0.39 is 7.60 Å². The maximum absolute atomic E-state index is 11.1. The molecule has 0 bridgehead atoms. The normalized spacial score (nSPS) is 14.9. The lowest BCUT2D eigenvalue weighted by atomic mass is 10.4. The molecule has 0 N–H and O–H groups in total. The molecular formula is C4H8Cl3O3P. The van der Waals surface area contributed by atoms with Crippen LogP contribution >= 0.6 is 42.9 Å². The van der Waals surface area contributed by atoms with E-state index in [9.17, 15) is 4.57 Å². The fourth-order valence-corrected chi connectivity index (χ4v) is 2.42. The highest BCUT2D eigenvalue weighted by Gasteiger charge is 2.27. The van der Waals surface area contributed by atoms with E-state index in [0.29, 0.717) is 6.42 Å². The van der Waals surface area contributed by atoms with Gasteiger partial charge in [0.1, 0.15) is 0 Å². The van der Waals surface area contributed by atoms with Crippen LogP contribution in [0.1, 0.15) is 13.3 Å². The average Bonchev–Trinajstić information content (AvgIpc) is 2.04. The molecule has 3 nitrogen and oxygen atoms in total. The summed E-state index contributed by atoms with van der Waals surface area (Å²) in [5.74, 6) is 0. The zero-order chi connectivity index (χ0) is 8.91. The highest BCUT2D eigenvalue weighted by atomic mass is 35.5. The van der Waals surface area contributed by atoms with Gasteiger partial charge in [-0.25, -0.2) is 0 Å². The Kier molecular flexibility index (Phi) is 6.15. The Labute approximate surface area is 80.8 Å². The van der Waals surface area contributed by atoms with Gasteiger partial charge in [-0.05, 0) is 6.42 Å². The molecule has 0 radical (unpaired) electrons. The predicted molar refractivity (Wildman–Crippen MR) is 46.3 cm³/mol. The summed E-state index contributed by atoms with van der Waals surface area (Å²) in [4.78, 5) is 0. The van der Waals surface area contributed by atoms with E-state index in [4.69, 9.17) is 35.3 Å². The van der Waals surface area contributed by atoms with Crippen LogP contribution in [0, 0.1) is 0 Å². The van der Waals surface area contributed by atoms with Gasteiger partial charge in [0, 0.05) is 5.38 Å². The molecule has 0 aliphatic heterocycles. The van der Waals surface area contributed by atoms with Gasteiger partial charge < -0.3 is 0 Å². The minimum atomic E-state index is -3.35. The number of hydrogen-bond acceptors (Lipinski definition) is 3. The molecular weight excluding hydrogens is 233 g/mol. The number of hydrogen-bond donors (Lipinski definition) is 0. The van der Waals surface area contributed by atoms with Crippen LogP contribution in [0.2, 0.25) is 0 Å². The van der Waals surface area contributed by atoms with E-state index in [1.54, 1.807) is 0 Å². The van der Waals surface area contributed by atoms with Gasteiger partial charge in [-0.2, -0.15) is 8.15 Å². The molecule has 0 amide bonds. The average molecular weight is 241 g/mol. The van der Waals surface area contributed by atoms with Crippen molar-refractivity contribution in [3.05, 3.63) is 0 Å². The van der Waals surface area contributed by atoms with Crippen LogP contribution in [-0.4, -0.2) is 11.5 Å². The maximum Gasteiger partial charge on any atom is 0.364 e. The van der Waals surface area contributed by atoms with Crippen molar-refractivity contribution in [3.8, 4) is 0 Å². The van der Waals surface area contributed by atoms with E-state index in [-0.39, 0.29) is 11.5 Å². The molecule has 0 aliphatic rings. The molecule has 0 aliphatic carbocycles. The van der Waals surface area contributed by atoms with Crippen LogP contribution in [-0.2, 0) is 12.7 Å². The van der Waals surface area contributed by atoms with Crippen LogP contribution in [0.3, 0.4) is 0 Å². The lowest BCUT2D eigenvalue weighted by molar-refractivity contribution is 0.414. The van der Waals surface area contributed by atoms with Crippen LogP contribution < -0.4 is 0 Å². The van der Waals surface area contributed by atoms with Gasteiger partial charge in [0.25, 0.3) is 0 Å². The summed E-state index contributed by atoms with van der Waals surface area (Å²) >= 11 is 15.4. The van der Waals surface area contributed by atoms with E-state index in [1.165, 1.54) is 0 Å². The van der Waals surface area contributed by atoms with E-state index >= 15 is 0 Å².